The second kappa shape index (κ2) is 9.37. The van der Waals surface area contributed by atoms with Crippen molar-refractivity contribution >= 4 is 17.8 Å². The molecular weight excluding hydrogens is 368 g/mol. The van der Waals surface area contributed by atoms with E-state index in [4.69, 9.17) is 0 Å². The molecule has 2 N–H and O–H groups in total. The summed E-state index contributed by atoms with van der Waals surface area (Å²) in [6.07, 6.45) is 2.07. The van der Waals surface area contributed by atoms with Crippen molar-refractivity contribution in [1.82, 2.24) is 10.2 Å². The van der Waals surface area contributed by atoms with E-state index in [-0.39, 0.29) is 29.8 Å². The molecule has 1 aliphatic rings. The topological polar surface area (TPSA) is 86.7 Å². The monoisotopic (exact) mass is 394 g/mol. The highest BCUT2D eigenvalue weighted by atomic mass is 16.4. The molecule has 1 aliphatic heterocycles. The van der Waals surface area contributed by atoms with E-state index in [1.54, 1.807) is 24.3 Å². The number of amides is 2. The molecule has 0 bridgehead atoms. The van der Waals surface area contributed by atoms with Crippen LogP contribution in [0.25, 0.3) is 0 Å². The fourth-order valence-corrected chi connectivity index (χ4v) is 3.60. The second-order valence-electron chi connectivity index (χ2n) is 7.46. The van der Waals surface area contributed by atoms with Crippen LogP contribution in [0.3, 0.4) is 0 Å². The lowest BCUT2D eigenvalue weighted by molar-refractivity contribution is -0.122. The first kappa shape index (κ1) is 20.6. The molecule has 2 aromatic rings. The number of carbonyl (C=O) groups is 3. The number of nitrogens with one attached hydrogen (secondary N) is 1. The van der Waals surface area contributed by atoms with Gasteiger partial charge in [0.25, 0.3) is 5.91 Å². The van der Waals surface area contributed by atoms with Crippen molar-refractivity contribution < 1.29 is 19.5 Å². The minimum absolute atomic E-state index is 0.0278. The van der Waals surface area contributed by atoms with Crippen LogP contribution in [-0.4, -0.2) is 46.9 Å². The third kappa shape index (κ3) is 5.44. The van der Waals surface area contributed by atoms with Crippen LogP contribution < -0.4 is 5.32 Å². The third-order valence-electron chi connectivity index (χ3n) is 5.31. The number of hydrogen-bond acceptors (Lipinski definition) is 3. The first-order valence-electron chi connectivity index (χ1n) is 9.90. The van der Waals surface area contributed by atoms with Gasteiger partial charge in [0.1, 0.15) is 0 Å². The summed E-state index contributed by atoms with van der Waals surface area (Å²) >= 11 is 0. The molecule has 0 spiro atoms. The highest BCUT2D eigenvalue weighted by molar-refractivity contribution is 5.94. The molecule has 2 aromatic carbocycles. The van der Waals surface area contributed by atoms with Crippen LogP contribution in [0.4, 0.5) is 0 Å². The number of benzene rings is 2. The zero-order valence-corrected chi connectivity index (χ0v) is 16.6. The molecular formula is C23H26N2O4. The van der Waals surface area contributed by atoms with E-state index in [2.05, 4.69) is 5.32 Å². The normalized spacial score (nSPS) is 14.4. The van der Waals surface area contributed by atoms with Crippen molar-refractivity contribution in [3.05, 3.63) is 70.8 Å². The predicted octanol–water partition coefficient (Wildman–Crippen LogP) is 3.05. The van der Waals surface area contributed by atoms with E-state index in [1.165, 1.54) is 0 Å². The van der Waals surface area contributed by atoms with Crippen molar-refractivity contribution in [3.8, 4) is 0 Å². The minimum Gasteiger partial charge on any atom is -0.478 e. The number of carboxylic acid groups (broad SMARTS) is 1. The van der Waals surface area contributed by atoms with Gasteiger partial charge in [0.15, 0.2) is 0 Å². The molecule has 0 aromatic heterocycles. The molecule has 0 unspecified atom stereocenters. The second-order valence-corrected chi connectivity index (χ2v) is 7.46. The van der Waals surface area contributed by atoms with Gasteiger partial charge in [-0.05, 0) is 49.9 Å². The number of hydrogen-bond donors (Lipinski definition) is 2. The van der Waals surface area contributed by atoms with Gasteiger partial charge in [0, 0.05) is 31.1 Å². The lowest BCUT2D eigenvalue weighted by atomic mass is 10.0. The Morgan fingerprint density at radius 2 is 1.69 bits per heavy atom. The maximum Gasteiger partial charge on any atom is 0.335 e. The molecule has 6 heteroatoms. The number of likely N-dealkylation sites (tertiary alicyclic amines) is 1. The minimum atomic E-state index is -0.980. The van der Waals surface area contributed by atoms with E-state index < -0.39 is 5.97 Å². The van der Waals surface area contributed by atoms with Gasteiger partial charge in [0.2, 0.25) is 5.91 Å². The molecule has 1 saturated heterocycles. The highest BCUT2D eigenvalue weighted by Crippen LogP contribution is 2.16. The first-order valence-corrected chi connectivity index (χ1v) is 9.90. The van der Waals surface area contributed by atoms with Gasteiger partial charge in [-0.1, -0.05) is 35.9 Å². The Balaban J connectivity index is 1.46. The van der Waals surface area contributed by atoms with Crippen LogP contribution in [0.15, 0.2) is 48.5 Å². The van der Waals surface area contributed by atoms with Crippen molar-refractivity contribution in [2.75, 3.05) is 13.1 Å². The summed E-state index contributed by atoms with van der Waals surface area (Å²) in [5, 5.41) is 12.2. The molecule has 0 saturated carbocycles. The van der Waals surface area contributed by atoms with Crippen LogP contribution in [-0.2, 0) is 11.2 Å². The van der Waals surface area contributed by atoms with Gasteiger partial charge in [-0.25, -0.2) is 4.79 Å². The summed E-state index contributed by atoms with van der Waals surface area (Å²) in [7, 11) is 0. The van der Waals surface area contributed by atoms with E-state index in [9.17, 15) is 19.5 Å². The predicted molar refractivity (Wildman–Crippen MR) is 110 cm³/mol. The van der Waals surface area contributed by atoms with E-state index in [0.29, 0.717) is 30.6 Å². The maximum atomic E-state index is 12.6. The Labute approximate surface area is 170 Å². The van der Waals surface area contributed by atoms with Crippen molar-refractivity contribution in [2.45, 2.75) is 38.6 Å². The van der Waals surface area contributed by atoms with Crippen LogP contribution in [0, 0.1) is 6.92 Å². The largest absolute Gasteiger partial charge is 0.478 e. The van der Waals surface area contributed by atoms with Crippen LogP contribution in [0.5, 0.6) is 0 Å². The Kier molecular flexibility index (Phi) is 6.65. The van der Waals surface area contributed by atoms with Gasteiger partial charge < -0.3 is 15.3 Å². The zero-order valence-electron chi connectivity index (χ0n) is 16.6. The summed E-state index contributed by atoms with van der Waals surface area (Å²) in [5.41, 5.74) is 2.71. The zero-order chi connectivity index (χ0) is 20.8. The standard InChI is InChI=1S/C23H26N2O4/c1-16-6-8-18(9-7-16)22(27)25-14-12-19(13-15-25)24-21(26)11-10-17-4-2-3-5-20(17)23(28)29/h2-9,19H,10-15H2,1H3,(H,24,26)(H,28,29). The number of nitrogens with zero attached hydrogens (tertiary/aromatic N) is 1. The molecule has 29 heavy (non-hydrogen) atoms. The van der Waals surface area contributed by atoms with Crippen molar-refractivity contribution in [1.29, 1.82) is 0 Å². The summed E-state index contributed by atoms with van der Waals surface area (Å²) < 4.78 is 0. The number of aromatic carboxylic acids is 1. The lowest BCUT2D eigenvalue weighted by Gasteiger charge is -2.32. The SMILES string of the molecule is Cc1ccc(C(=O)N2CCC(NC(=O)CCc3ccccc3C(=O)O)CC2)cc1. The molecule has 0 aliphatic carbocycles. The third-order valence-corrected chi connectivity index (χ3v) is 5.31. The number of aryl methyl sites for hydroxylation is 2. The number of rotatable bonds is 6. The molecule has 1 fully saturated rings. The molecule has 6 nitrogen and oxygen atoms in total. The Morgan fingerprint density at radius 3 is 2.34 bits per heavy atom. The Hall–Kier alpha value is -3.15. The summed E-state index contributed by atoms with van der Waals surface area (Å²) in [6, 6.07) is 14.4. The van der Waals surface area contributed by atoms with Crippen LogP contribution >= 0.6 is 0 Å². The number of piperidine rings is 1. The average Bonchev–Trinajstić information content (AvgIpc) is 2.73. The number of carboxylic acids is 1. The van der Waals surface area contributed by atoms with Gasteiger partial charge >= 0.3 is 5.97 Å². The Morgan fingerprint density at radius 1 is 1.03 bits per heavy atom. The van der Waals surface area contributed by atoms with Gasteiger partial charge in [-0.2, -0.15) is 0 Å². The molecule has 0 radical (unpaired) electrons. The first-order chi connectivity index (χ1) is 13.9. The summed E-state index contributed by atoms with van der Waals surface area (Å²) in [4.78, 5) is 38.0. The van der Waals surface area contributed by atoms with Gasteiger partial charge in [-0.15, -0.1) is 0 Å². The fraction of sp³-hybridized carbons (Fsp3) is 0.348. The molecule has 3 rings (SSSR count). The smallest absolute Gasteiger partial charge is 0.335 e. The Bertz CT molecular complexity index is 884. The molecule has 152 valence electrons. The van der Waals surface area contributed by atoms with Crippen LogP contribution in [0.1, 0.15) is 51.1 Å². The number of carbonyl (C=O) groups excluding carboxylic acids is 2. The van der Waals surface area contributed by atoms with Crippen LogP contribution in [0.2, 0.25) is 0 Å². The summed E-state index contributed by atoms with van der Waals surface area (Å²) in [6.45, 7) is 3.21. The van der Waals surface area contributed by atoms with E-state index in [0.717, 1.165) is 18.4 Å². The molecule has 1 heterocycles. The lowest BCUT2D eigenvalue weighted by Crippen LogP contribution is -2.46. The molecule has 0 atom stereocenters. The van der Waals surface area contributed by atoms with E-state index >= 15 is 0 Å². The summed E-state index contributed by atoms with van der Waals surface area (Å²) in [5.74, 6) is -1.04. The highest BCUT2D eigenvalue weighted by Gasteiger charge is 2.24. The molecule has 2 amide bonds. The van der Waals surface area contributed by atoms with Gasteiger partial charge in [0.05, 0.1) is 5.56 Å². The van der Waals surface area contributed by atoms with Crippen molar-refractivity contribution in [2.24, 2.45) is 0 Å². The quantitative estimate of drug-likeness (QED) is 0.788. The average molecular weight is 394 g/mol. The van der Waals surface area contributed by atoms with Crippen molar-refractivity contribution in [3.63, 3.8) is 0 Å². The fourth-order valence-electron chi connectivity index (χ4n) is 3.60. The van der Waals surface area contributed by atoms with E-state index in [1.807, 2.05) is 36.1 Å². The van der Waals surface area contributed by atoms with Gasteiger partial charge in [-0.3, -0.25) is 9.59 Å². The maximum absolute atomic E-state index is 12.6.